The maximum atomic E-state index is 11.8. The summed E-state index contributed by atoms with van der Waals surface area (Å²) in [5, 5.41) is 18.3. The van der Waals surface area contributed by atoms with E-state index < -0.39 is 60.0 Å². The van der Waals surface area contributed by atoms with Gasteiger partial charge in [0, 0.05) is 38.4 Å². The molecule has 5 N–H and O–H groups in total. The van der Waals surface area contributed by atoms with E-state index in [-0.39, 0.29) is 62.3 Å². The molecule has 8 atom stereocenters. The first-order valence-corrected chi connectivity index (χ1v) is 19.3. The van der Waals surface area contributed by atoms with Crippen LogP contribution in [0.1, 0.15) is 64.1 Å². The molecule has 6 rings (SSSR count). The molecule has 0 saturated carbocycles. The first kappa shape index (κ1) is 52.6. The van der Waals surface area contributed by atoms with Crippen molar-refractivity contribution in [3.63, 3.8) is 0 Å². The molecule has 2 saturated heterocycles. The normalized spacial score (nSPS) is 24.7. The number of aliphatic hydroxyl groups excluding tert-OH is 1. The van der Waals surface area contributed by atoms with E-state index in [9.17, 15) is 19.5 Å². The van der Waals surface area contributed by atoms with E-state index in [1.807, 2.05) is 74.5 Å². The molecule has 19 heteroatoms. The number of esters is 1. The van der Waals surface area contributed by atoms with Gasteiger partial charge in [-0.1, -0.05) is 86.4 Å². The molecule has 4 aromatic rings. The summed E-state index contributed by atoms with van der Waals surface area (Å²) >= 11 is 10.4. The number of benzene rings is 2. The number of aliphatic hydroxyl groups is 1. The van der Waals surface area contributed by atoms with Gasteiger partial charge < -0.3 is 39.4 Å². The first-order chi connectivity index (χ1) is 28.1. The van der Waals surface area contributed by atoms with Gasteiger partial charge in [-0.25, -0.2) is 0 Å². The number of terminal acetylenes is 2. The van der Waals surface area contributed by atoms with Crippen LogP contribution in [-0.2, 0) is 46.5 Å². The summed E-state index contributed by atoms with van der Waals surface area (Å²) in [6.07, 6.45) is 10.4. The van der Waals surface area contributed by atoms with Crippen molar-refractivity contribution in [1.29, 1.82) is 0 Å². The van der Waals surface area contributed by atoms with Gasteiger partial charge >= 0.3 is 35.5 Å². The monoisotopic (exact) mass is 886 g/mol. The second kappa shape index (κ2) is 24.2. The van der Waals surface area contributed by atoms with Gasteiger partial charge in [-0.3, -0.25) is 38.3 Å². The van der Waals surface area contributed by atoms with Crippen LogP contribution in [-0.4, -0.2) is 82.3 Å². The van der Waals surface area contributed by atoms with E-state index in [4.69, 9.17) is 70.9 Å². The molecule has 0 bridgehead atoms. The van der Waals surface area contributed by atoms with E-state index in [0.29, 0.717) is 19.4 Å². The predicted molar refractivity (Wildman–Crippen MR) is 223 cm³/mol. The maximum absolute atomic E-state index is 11.8. The number of carboxylic acid groups (broad SMARTS) is 1. The molecule has 320 valence electrons. The van der Waals surface area contributed by atoms with Gasteiger partial charge in [-0.15, -0.1) is 12.8 Å². The number of hydrogen-bond donors (Lipinski definition) is 4. The maximum Gasteiger partial charge on any atom is 1.00 e. The van der Waals surface area contributed by atoms with E-state index >= 15 is 0 Å². The SMILES string of the molecule is C#C[C@]1(CC)O[C@@H](n2ccc(=O)[nH]c2=S)C(O)[C@H]1OCc1ccccc1.C#C[C@]1(CC)O[C@@H](n2ccc(=O)[nH]c2=S)C(OC(C)=O)[C@H]1OCc1ccccc1.CC(=O)O.[Na+].[OH-]. The number of rotatable bonds is 11. The minimum atomic E-state index is -1.13. The zero-order chi connectivity index (χ0) is 43.3. The van der Waals surface area contributed by atoms with Crippen LogP contribution in [0.2, 0.25) is 0 Å². The van der Waals surface area contributed by atoms with Crippen molar-refractivity contribution in [2.45, 2.75) is 102 Å². The number of carbonyl (C=O) groups is 2. The molecule has 0 amide bonds. The topological polar surface area (TPSA) is 226 Å². The number of aromatic amines is 2. The Labute approximate surface area is 384 Å². The van der Waals surface area contributed by atoms with E-state index in [2.05, 4.69) is 21.8 Å². The van der Waals surface area contributed by atoms with Crippen molar-refractivity contribution in [1.82, 2.24) is 19.1 Å². The van der Waals surface area contributed by atoms with E-state index in [0.717, 1.165) is 18.1 Å². The summed E-state index contributed by atoms with van der Waals surface area (Å²) in [6, 6.07) is 21.8. The Hall–Kier alpha value is -4.54. The molecule has 2 unspecified atom stereocenters. The Morgan fingerprint density at radius 1 is 0.770 bits per heavy atom. The zero-order valence-electron chi connectivity index (χ0n) is 34.3. The third-order valence-electron chi connectivity index (χ3n) is 9.40. The average Bonchev–Trinajstić information content (AvgIpc) is 3.67. The Bertz CT molecular complexity index is 2380. The van der Waals surface area contributed by atoms with Crippen molar-refractivity contribution in [3.05, 3.63) is 127 Å². The van der Waals surface area contributed by atoms with Crippen LogP contribution in [0.4, 0.5) is 0 Å². The Morgan fingerprint density at radius 2 is 1.16 bits per heavy atom. The Morgan fingerprint density at radius 3 is 1.56 bits per heavy atom. The quantitative estimate of drug-likeness (QED) is 0.0730. The van der Waals surface area contributed by atoms with Gasteiger partial charge in [0.25, 0.3) is 17.1 Å². The first-order valence-electron chi connectivity index (χ1n) is 18.4. The summed E-state index contributed by atoms with van der Waals surface area (Å²) in [5.41, 5.74) is -0.988. The van der Waals surface area contributed by atoms with Crippen LogP contribution in [0.3, 0.4) is 0 Å². The van der Waals surface area contributed by atoms with Crippen LogP contribution >= 0.6 is 24.4 Å². The van der Waals surface area contributed by atoms with Gasteiger partial charge in [0.1, 0.15) is 18.3 Å². The van der Waals surface area contributed by atoms with Crippen molar-refractivity contribution in [3.8, 4) is 24.7 Å². The number of nitrogens with one attached hydrogen (secondary N) is 2. The largest absolute Gasteiger partial charge is 1.00 e. The fourth-order valence-electron chi connectivity index (χ4n) is 6.53. The van der Waals surface area contributed by atoms with Crippen LogP contribution in [0.5, 0.6) is 0 Å². The minimum absolute atomic E-state index is 0. The molecule has 2 fully saturated rings. The van der Waals surface area contributed by atoms with Gasteiger partial charge in [0.2, 0.25) is 0 Å². The number of nitrogens with zero attached hydrogens (tertiary/aromatic N) is 2. The standard InChI is InChI=1S/C21H22N2O5S.C19H20N2O4S.C2H4O2.Na.H2O/c1-4-21(5-2)18(26-13-15-9-7-6-8-10-15)17(27-14(3)24)19(28-21)23-12-11-16(25)22-20(23)29;1-3-19(4-2)16(24-12-13-8-6-5-7-9-13)15(23)17(25-19)21-11-10-14(22)20-18(21)26;1-2(3)4;;/h1,6-12,17-19H,5,13H2,2-3H3,(H,22,25,29);1,5-11,15-17,23H,4,12H2,2H3,(H,20,22,26);1H3,(H,3,4);;1H2/q;;;+1;/p-1/t17?,18-,19-,21-;15?,16-,17-,19-;;;/m11.../s1. The van der Waals surface area contributed by atoms with Crippen LogP contribution in [0.15, 0.2) is 94.8 Å². The van der Waals surface area contributed by atoms with Crippen molar-refractivity contribution in [2.75, 3.05) is 0 Å². The third-order valence-corrected chi connectivity index (χ3v) is 10.0. The molecule has 2 aliphatic rings. The minimum Gasteiger partial charge on any atom is -0.870 e. The number of carboxylic acids is 1. The Kier molecular flexibility index (Phi) is 20.9. The van der Waals surface area contributed by atoms with E-state index in [1.54, 1.807) is 0 Å². The number of carbonyl (C=O) groups excluding carboxylic acids is 1. The predicted octanol–water partition coefficient (Wildman–Crippen LogP) is 1.81. The number of aliphatic carboxylic acids is 1. The molecule has 4 heterocycles. The molecular formula is C42H47N4NaO12S2. The summed E-state index contributed by atoms with van der Waals surface area (Å²) < 4.78 is 33.2. The van der Waals surface area contributed by atoms with Crippen LogP contribution in [0.25, 0.3) is 0 Å². The molecular weight excluding hydrogens is 840 g/mol. The molecule has 16 nitrogen and oxygen atoms in total. The number of H-pyrrole nitrogens is 2. The van der Waals surface area contributed by atoms with Crippen molar-refractivity contribution in [2.24, 2.45) is 0 Å². The number of ether oxygens (including phenoxy) is 5. The Balaban J connectivity index is 0.000000376. The molecule has 2 aromatic carbocycles. The average molecular weight is 887 g/mol. The summed E-state index contributed by atoms with van der Waals surface area (Å²) in [5.74, 6) is 4.00. The fourth-order valence-corrected chi connectivity index (χ4v) is 7.06. The summed E-state index contributed by atoms with van der Waals surface area (Å²) in [7, 11) is 0. The molecule has 0 spiro atoms. The van der Waals surface area contributed by atoms with Gasteiger partial charge in [-0.2, -0.15) is 0 Å². The zero-order valence-corrected chi connectivity index (χ0v) is 37.9. The molecule has 0 radical (unpaired) electrons. The van der Waals surface area contributed by atoms with Gasteiger partial charge in [0.05, 0.1) is 13.2 Å². The molecule has 2 aromatic heterocycles. The smallest absolute Gasteiger partial charge is 0.870 e. The third kappa shape index (κ3) is 13.2. The van der Waals surface area contributed by atoms with Crippen LogP contribution in [0, 0.1) is 34.2 Å². The number of hydrogen-bond acceptors (Lipinski definition) is 13. The summed E-state index contributed by atoms with van der Waals surface area (Å²) in [6.45, 7) is 6.69. The number of aromatic nitrogens is 4. The van der Waals surface area contributed by atoms with Gasteiger partial charge in [0.15, 0.2) is 39.3 Å². The fraction of sp³-hybridized carbons (Fsp3) is 0.381. The molecule has 2 aliphatic heterocycles. The second-order valence-electron chi connectivity index (χ2n) is 13.3. The van der Waals surface area contributed by atoms with Crippen molar-refractivity contribution < 1.29 is 78.5 Å². The van der Waals surface area contributed by atoms with Crippen LogP contribution < -0.4 is 40.7 Å². The second-order valence-corrected chi connectivity index (χ2v) is 14.1. The van der Waals surface area contributed by atoms with Crippen molar-refractivity contribution >= 4 is 36.4 Å². The van der Waals surface area contributed by atoms with E-state index in [1.165, 1.54) is 40.6 Å². The van der Waals surface area contributed by atoms with Gasteiger partial charge in [-0.05, 0) is 48.4 Å². The summed E-state index contributed by atoms with van der Waals surface area (Å²) in [4.78, 5) is 48.9. The molecule has 0 aliphatic carbocycles. The molecule has 61 heavy (non-hydrogen) atoms.